The largest absolute Gasteiger partial charge is 0.493 e. The zero-order chi connectivity index (χ0) is 21.6. The van der Waals surface area contributed by atoms with Crippen LogP contribution in [0.3, 0.4) is 0 Å². The summed E-state index contributed by atoms with van der Waals surface area (Å²) in [4.78, 5) is 12.3. The molecule has 0 atom stereocenters. The van der Waals surface area contributed by atoms with Gasteiger partial charge in [0, 0.05) is 5.56 Å². The van der Waals surface area contributed by atoms with Crippen LogP contribution in [0.1, 0.15) is 18.1 Å². The molecule has 0 unspecified atom stereocenters. The van der Waals surface area contributed by atoms with Gasteiger partial charge in [-0.3, -0.25) is 9.10 Å². The third kappa shape index (κ3) is 5.95. The lowest BCUT2D eigenvalue weighted by Crippen LogP contribution is -2.39. The molecule has 0 saturated carbocycles. The first-order valence-electron chi connectivity index (χ1n) is 8.75. The number of hydrazone groups is 1. The fourth-order valence-corrected chi connectivity index (χ4v) is 3.47. The first kappa shape index (κ1) is 22.2. The van der Waals surface area contributed by atoms with Crippen molar-refractivity contribution in [1.29, 1.82) is 0 Å². The second kappa shape index (κ2) is 9.42. The molecule has 0 radical (unpaired) electrons. The van der Waals surface area contributed by atoms with E-state index in [4.69, 9.17) is 9.47 Å². The fraction of sp³-hybridized carbons (Fsp3) is 0.300. The Morgan fingerprint density at radius 2 is 1.79 bits per heavy atom. The molecule has 0 aliphatic rings. The predicted molar refractivity (Wildman–Crippen MR) is 113 cm³/mol. The average molecular weight is 420 g/mol. The first-order valence-corrected chi connectivity index (χ1v) is 10.6. The number of hydrogen-bond acceptors (Lipinski definition) is 6. The van der Waals surface area contributed by atoms with Gasteiger partial charge in [0.2, 0.25) is 10.0 Å². The van der Waals surface area contributed by atoms with E-state index in [1.807, 2.05) is 13.0 Å². The van der Waals surface area contributed by atoms with E-state index in [0.717, 1.165) is 21.7 Å². The molecule has 8 nitrogen and oxygen atoms in total. The lowest BCUT2D eigenvalue weighted by Gasteiger charge is -2.21. The monoisotopic (exact) mass is 419 g/mol. The molecule has 0 fully saturated rings. The maximum atomic E-state index is 12.3. The van der Waals surface area contributed by atoms with Crippen LogP contribution in [0, 0.1) is 6.92 Å². The molecular weight excluding hydrogens is 394 g/mol. The number of aryl methyl sites for hydroxylation is 1. The summed E-state index contributed by atoms with van der Waals surface area (Å²) < 4.78 is 35.8. The van der Waals surface area contributed by atoms with E-state index in [1.165, 1.54) is 7.11 Å². The number of rotatable bonds is 8. The SMILES string of the molecule is COc1ccc(/C(C)=N\NC(=O)CN(c2cccc(C)c2)S(C)(=O)=O)cc1OC. The van der Waals surface area contributed by atoms with Crippen molar-refractivity contribution in [2.45, 2.75) is 13.8 Å². The standard InChI is InChI=1S/C20H25N3O5S/c1-14-7-6-8-17(11-14)23(29(5,25)26)13-20(24)22-21-15(2)16-9-10-18(27-3)19(12-16)28-4/h6-12H,13H2,1-5H3,(H,22,24)/b21-15-. The number of nitrogens with zero attached hydrogens (tertiary/aromatic N) is 2. The zero-order valence-corrected chi connectivity index (χ0v) is 17.9. The van der Waals surface area contributed by atoms with Crippen LogP contribution in [0.5, 0.6) is 11.5 Å². The van der Waals surface area contributed by atoms with Gasteiger partial charge in [-0.15, -0.1) is 0 Å². The number of ether oxygens (including phenoxy) is 2. The van der Waals surface area contributed by atoms with Crippen LogP contribution in [0.25, 0.3) is 0 Å². The number of hydrogen-bond donors (Lipinski definition) is 1. The number of methoxy groups -OCH3 is 2. The van der Waals surface area contributed by atoms with Crippen molar-refractivity contribution in [3.05, 3.63) is 53.6 Å². The summed E-state index contributed by atoms with van der Waals surface area (Å²) in [6, 6.07) is 12.2. The van der Waals surface area contributed by atoms with E-state index in [2.05, 4.69) is 10.5 Å². The fourth-order valence-electron chi connectivity index (χ4n) is 2.62. The Bertz CT molecular complexity index is 1020. The zero-order valence-electron chi connectivity index (χ0n) is 17.1. The Balaban J connectivity index is 2.16. The number of nitrogens with one attached hydrogen (secondary N) is 1. The Labute approximate surface area is 171 Å². The van der Waals surface area contributed by atoms with Crippen molar-refractivity contribution in [3.63, 3.8) is 0 Å². The quantitative estimate of drug-likeness (QED) is 0.523. The smallest absolute Gasteiger partial charge is 0.260 e. The second-order valence-corrected chi connectivity index (χ2v) is 8.32. The maximum absolute atomic E-state index is 12.3. The summed E-state index contributed by atoms with van der Waals surface area (Å²) in [5, 5.41) is 4.07. The number of carbonyl (C=O) groups excluding carboxylic acids is 1. The predicted octanol–water partition coefficient (Wildman–Crippen LogP) is 2.32. The van der Waals surface area contributed by atoms with Crippen LogP contribution in [-0.4, -0.2) is 47.1 Å². The van der Waals surface area contributed by atoms with E-state index in [9.17, 15) is 13.2 Å². The summed E-state index contributed by atoms with van der Waals surface area (Å²) in [5.74, 6) is 0.556. The molecule has 0 aromatic heterocycles. The van der Waals surface area contributed by atoms with E-state index >= 15 is 0 Å². The van der Waals surface area contributed by atoms with Crippen LogP contribution in [-0.2, 0) is 14.8 Å². The Morgan fingerprint density at radius 3 is 2.38 bits per heavy atom. The molecule has 9 heteroatoms. The summed E-state index contributed by atoms with van der Waals surface area (Å²) in [5.41, 5.74) is 4.96. The van der Waals surface area contributed by atoms with Gasteiger partial charge in [0.15, 0.2) is 11.5 Å². The molecule has 0 bridgehead atoms. The third-order valence-electron chi connectivity index (χ3n) is 4.13. The summed E-state index contributed by atoms with van der Waals surface area (Å²) in [6.45, 7) is 3.18. The normalized spacial score (nSPS) is 11.7. The number of anilines is 1. The van der Waals surface area contributed by atoms with Crippen molar-refractivity contribution in [3.8, 4) is 11.5 Å². The van der Waals surface area contributed by atoms with Gasteiger partial charge in [-0.1, -0.05) is 12.1 Å². The summed E-state index contributed by atoms with van der Waals surface area (Å²) >= 11 is 0. The Hall–Kier alpha value is -3.07. The van der Waals surface area contributed by atoms with Gasteiger partial charge in [0.1, 0.15) is 6.54 Å². The van der Waals surface area contributed by atoms with Crippen molar-refractivity contribution >= 4 is 27.3 Å². The minimum Gasteiger partial charge on any atom is -0.493 e. The summed E-state index contributed by atoms with van der Waals surface area (Å²) in [7, 11) is -0.573. The lowest BCUT2D eigenvalue weighted by molar-refractivity contribution is -0.119. The molecule has 0 heterocycles. The highest BCUT2D eigenvalue weighted by molar-refractivity contribution is 7.92. The Morgan fingerprint density at radius 1 is 1.10 bits per heavy atom. The van der Waals surface area contributed by atoms with Crippen LogP contribution in [0.15, 0.2) is 47.6 Å². The van der Waals surface area contributed by atoms with Crippen molar-refractivity contribution in [2.24, 2.45) is 5.10 Å². The maximum Gasteiger partial charge on any atom is 0.260 e. The van der Waals surface area contributed by atoms with Gasteiger partial charge >= 0.3 is 0 Å². The Kier molecular flexibility index (Phi) is 7.22. The highest BCUT2D eigenvalue weighted by Gasteiger charge is 2.21. The molecule has 1 N–H and O–H groups in total. The molecule has 2 aromatic rings. The molecule has 0 aliphatic heterocycles. The number of sulfonamides is 1. The van der Waals surface area contributed by atoms with Crippen molar-refractivity contribution in [1.82, 2.24) is 5.43 Å². The first-order chi connectivity index (χ1) is 13.7. The molecule has 156 valence electrons. The van der Waals surface area contributed by atoms with Crippen molar-refractivity contribution in [2.75, 3.05) is 31.3 Å². The van der Waals surface area contributed by atoms with Gasteiger partial charge in [0.25, 0.3) is 5.91 Å². The van der Waals surface area contributed by atoms with Crippen molar-refractivity contribution < 1.29 is 22.7 Å². The van der Waals surface area contributed by atoms with E-state index < -0.39 is 15.9 Å². The van der Waals surface area contributed by atoms with Gasteiger partial charge in [-0.2, -0.15) is 5.10 Å². The molecule has 0 saturated heterocycles. The summed E-state index contributed by atoms with van der Waals surface area (Å²) in [6.07, 6.45) is 1.06. The third-order valence-corrected chi connectivity index (χ3v) is 5.27. The van der Waals surface area contributed by atoms with Crippen LogP contribution >= 0.6 is 0 Å². The molecule has 2 rings (SSSR count). The number of amides is 1. The lowest BCUT2D eigenvalue weighted by atomic mass is 10.1. The molecule has 29 heavy (non-hydrogen) atoms. The molecular formula is C20H25N3O5S. The molecule has 0 spiro atoms. The highest BCUT2D eigenvalue weighted by atomic mass is 32.2. The number of carbonyl (C=O) groups is 1. The van der Waals surface area contributed by atoms with Crippen LogP contribution in [0.4, 0.5) is 5.69 Å². The second-order valence-electron chi connectivity index (χ2n) is 6.41. The highest BCUT2D eigenvalue weighted by Crippen LogP contribution is 2.27. The molecule has 0 aliphatic carbocycles. The molecule has 2 aromatic carbocycles. The van der Waals surface area contributed by atoms with Gasteiger partial charge in [0.05, 0.1) is 31.9 Å². The average Bonchev–Trinajstić information content (AvgIpc) is 2.68. The van der Waals surface area contributed by atoms with E-state index in [1.54, 1.807) is 50.4 Å². The minimum absolute atomic E-state index is 0.384. The van der Waals surface area contributed by atoms with Gasteiger partial charge in [-0.25, -0.2) is 13.8 Å². The van der Waals surface area contributed by atoms with E-state index in [-0.39, 0.29) is 6.54 Å². The van der Waals surface area contributed by atoms with Crippen LogP contribution < -0.4 is 19.2 Å². The number of benzene rings is 2. The molecule has 1 amide bonds. The van der Waals surface area contributed by atoms with Crippen LogP contribution in [0.2, 0.25) is 0 Å². The minimum atomic E-state index is -3.64. The van der Waals surface area contributed by atoms with E-state index in [0.29, 0.717) is 22.9 Å². The van der Waals surface area contributed by atoms with Gasteiger partial charge < -0.3 is 9.47 Å². The topological polar surface area (TPSA) is 97.3 Å². The van der Waals surface area contributed by atoms with Gasteiger partial charge in [-0.05, 0) is 49.7 Å².